The number of aromatic nitrogens is 2. The van der Waals surface area contributed by atoms with E-state index >= 15 is 0 Å². The molecule has 0 saturated carbocycles. The lowest BCUT2D eigenvalue weighted by Gasteiger charge is -2.33. The molecule has 2 amide bonds. The number of nitrogens with two attached hydrogens (primary N) is 1. The first-order valence-electron chi connectivity index (χ1n) is 11.7. The molecule has 0 aliphatic heterocycles. The summed E-state index contributed by atoms with van der Waals surface area (Å²) in [4.78, 5) is 40.4. The van der Waals surface area contributed by atoms with Gasteiger partial charge in [-0.2, -0.15) is 0 Å². The lowest BCUT2D eigenvalue weighted by atomic mass is 10.0. The smallest absolute Gasteiger partial charge is 0.264 e. The van der Waals surface area contributed by atoms with E-state index in [0.717, 1.165) is 5.56 Å². The van der Waals surface area contributed by atoms with Gasteiger partial charge in [-0.1, -0.05) is 42.4 Å². The summed E-state index contributed by atoms with van der Waals surface area (Å²) < 4.78 is 20.5. The highest BCUT2D eigenvalue weighted by Crippen LogP contribution is 2.29. The summed E-state index contributed by atoms with van der Waals surface area (Å²) in [6.45, 7) is 3.87. The summed E-state index contributed by atoms with van der Waals surface area (Å²) in [6.07, 6.45) is 0.356. The van der Waals surface area contributed by atoms with Gasteiger partial charge < -0.3 is 19.7 Å². The lowest BCUT2D eigenvalue weighted by molar-refractivity contribution is -0.118. The molecule has 1 unspecified atom stereocenters. The van der Waals surface area contributed by atoms with Crippen LogP contribution in [0.5, 0.6) is 0 Å². The number of amides is 2. The summed E-state index contributed by atoms with van der Waals surface area (Å²) in [5.74, 6) is -1.44. The third-order valence-electron chi connectivity index (χ3n) is 6.18. The van der Waals surface area contributed by atoms with E-state index in [4.69, 9.17) is 10.3 Å². The molecule has 4 rings (SSSR count). The largest absolute Gasteiger partial charge is 0.370 e. The highest BCUT2D eigenvalue weighted by atomic mass is 19.1. The number of rotatable bonds is 9. The standard InChI is InChI=1S/C27H27FN4O4/c1-3-21(31(14-13-24(29)33)26(34)19-9-11-20(28)12-10-19)22-15-23-25(17(2)30-36-23)27(35)32(22)16-18-7-5-4-6-8-18/h4-12,15,21H,3,13-14,16H2,1-2H3,(H2,29,33). The fourth-order valence-corrected chi connectivity index (χ4v) is 4.39. The molecule has 0 aliphatic rings. The number of carbonyl (C=O) groups excluding carboxylic acids is 2. The van der Waals surface area contributed by atoms with Gasteiger partial charge in [0.25, 0.3) is 11.5 Å². The van der Waals surface area contributed by atoms with E-state index < -0.39 is 23.7 Å². The summed E-state index contributed by atoms with van der Waals surface area (Å²) in [7, 11) is 0. The second kappa shape index (κ2) is 10.6. The van der Waals surface area contributed by atoms with Crippen molar-refractivity contribution in [2.75, 3.05) is 6.54 Å². The van der Waals surface area contributed by atoms with Gasteiger partial charge in [-0.25, -0.2) is 4.39 Å². The molecular formula is C27H27FN4O4. The molecule has 2 heterocycles. The Bertz CT molecular complexity index is 1440. The average molecular weight is 491 g/mol. The number of carbonyl (C=O) groups is 2. The van der Waals surface area contributed by atoms with E-state index in [1.807, 2.05) is 37.3 Å². The molecule has 2 aromatic heterocycles. The van der Waals surface area contributed by atoms with E-state index in [1.54, 1.807) is 17.6 Å². The third-order valence-corrected chi connectivity index (χ3v) is 6.18. The molecule has 0 aliphatic carbocycles. The zero-order chi connectivity index (χ0) is 25.8. The van der Waals surface area contributed by atoms with Crippen LogP contribution in [0.1, 0.15) is 53.1 Å². The van der Waals surface area contributed by atoms with Gasteiger partial charge >= 0.3 is 0 Å². The molecule has 0 spiro atoms. The number of benzene rings is 2. The predicted molar refractivity (Wildman–Crippen MR) is 133 cm³/mol. The van der Waals surface area contributed by atoms with Gasteiger partial charge in [-0.15, -0.1) is 0 Å². The van der Waals surface area contributed by atoms with E-state index in [1.165, 1.54) is 29.2 Å². The van der Waals surface area contributed by atoms with Crippen molar-refractivity contribution in [2.24, 2.45) is 5.73 Å². The minimum Gasteiger partial charge on any atom is -0.370 e. The fourth-order valence-electron chi connectivity index (χ4n) is 4.39. The van der Waals surface area contributed by atoms with Gasteiger partial charge in [0.15, 0.2) is 5.58 Å². The highest BCUT2D eigenvalue weighted by Gasteiger charge is 2.29. The van der Waals surface area contributed by atoms with Crippen molar-refractivity contribution < 1.29 is 18.5 Å². The number of nitrogens with zero attached hydrogens (tertiary/aromatic N) is 3. The van der Waals surface area contributed by atoms with Crippen molar-refractivity contribution in [3.63, 3.8) is 0 Å². The first-order chi connectivity index (χ1) is 17.3. The normalized spacial score (nSPS) is 12.0. The van der Waals surface area contributed by atoms with Gasteiger partial charge in [0, 0.05) is 30.3 Å². The molecule has 36 heavy (non-hydrogen) atoms. The van der Waals surface area contributed by atoms with Gasteiger partial charge in [0.1, 0.15) is 11.2 Å². The number of aryl methyl sites for hydroxylation is 1. The van der Waals surface area contributed by atoms with Crippen molar-refractivity contribution in [3.05, 3.63) is 99.3 Å². The molecule has 0 saturated heterocycles. The Kier molecular flexibility index (Phi) is 7.28. The number of hydrogen-bond donors (Lipinski definition) is 1. The van der Waals surface area contributed by atoms with Gasteiger partial charge in [0.05, 0.1) is 18.3 Å². The van der Waals surface area contributed by atoms with Crippen molar-refractivity contribution in [1.82, 2.24) is 14.6 Å². The lowest BCUT2D eigenvalue weighted by Crippen LogP contribution is -2.40. The van der Waals surface area contributed by atoms with Crippen LogP contribution in [-0.2, 0) is 11.3 Å². The number of hydrogen-bond acceptors (Lipinski definition) is 5. The van der Waals surface area contributed by atoms with Gasteiger partial charge in [0.2, 0.25) is 5.91 Å². The molecule has 0 radical (unpaired) electrons. The highest BCUT2D eigenvalue weighted by molar-refractivity contribution is 5.94. The monoisotopic (exact) mass is 490 g/mol. The van der Waals surface area contributed by atoms with Crippen molar-refractivity contribution in [2.45, 2.75) is 39.3 Å². The Morgan fingerprint density at radius 1 is 1.14 bits per heavy atom. The Morgan fingerprint density at radius 3 is 2.47 bits per heavy atom. The maximum atomic E-state index is 13.7. The number of primary amides is 1. The predicted octanol–water partition coefficient (Wildman–Crippen LogP) is 3.95. The van der Waals surface area contributed by atoms with Crippen LogP contribution < -0.4 is 11.3 Å². The molecule has 9 heteroatoms. The first kappa shape index (κ1) is 24.8. The van der Waals surface area contributed by atoms with E-state index in [-0.39, 0.29) is 30.6 Å². The van der Waals surface area contributed by atoms with Crippen molar-refractivity contribution >= 4 is 22.8 Å². The Balaban J connectivity index is 1.87. The average Bonchev–Trinajstić information content (AvgIpc) is 3.24. The summed E-state index contributed by atoms with van der Waals surface area (Å²) in [6, 6.07) is 15.8. The number of halogens is 1. The van der Waals surface area contributed by atoms with Crippen LogP contribution in [0.2, 0.25) is 0 Å². The molecular weight excluding hydrogens is 463 g/mol. The molecule has 186 valence electrons. The van der Waals surface area contributed by atoms with Crippen molar-refractivity contribution in [1.29, 1.82) is 0 Å². The van der Waals surface area contributed by atoms with Crippen LogP contribution in [0.15, 0.2) is 70.0 Å². The number of fused-ring (bicyclic) bond motifs is 1. The number of pyridine rings is 1. The maximum absolute atomic E-state index is 13.7. The zero-order valence-electron chi connectivity index (χ0n) is 20.1. The Morgan fingerprint density at radius 2 is 1.83 bits per heavy atom. The fraction of sp³-hybridized carbons (Fsp3) is 0.259. The van der Waals surface area contributed by atoms with Crippen LogP contribution in [0.25, 0.3) is 11.0 Å². The SMILES string of the molecule is CCC(c1cc2onc(C)c2c(=O)n1Cc1ccccc1)N(CCC(N)=O)C(=O)c1ccc(F)cc1. The topological polar surface area (TPSA) is 111 Å². The second-order valence-electron chi connectivity index (χ2n) is 8.60. The van der Waals surface area contributed by atoms with Crippen LogP contribution in [0.3, 0.4) is 0 Å². The zero-order valence-corrected chi connectivity index (χ0v) is 20.1. The van der Waals surface area contributed by atoms with Crippen LogP contribution >= 0.6 is 0 Å². The Labute approximate surface area is 207 Å². The van der Waals surface area contributed by atoms with Crippen LogP contribution in [-0.4, -0.2) is 33.0 Å². The van der Waals surface area contributed by atoms with Crippen LogP contribution in [0.4, 0.5) is 4.39 Å². The first-order valence-corrected chi connectivity index (χ1v) is 11.7. The molecule has 4 aromatic rings. The van der Waals surface area contributed by atoms with E-state index in [9.17, 15) is 18.8 Å². The molecule has 8 nitrogen and oxygen atoms in total. The summed E-state index contributed by atoms with van der Waals surface area (Å²) >= 11 is 0. The molecule has 2 aromatic carbocycles. The van der Waals surface area contributed by atoms with Crippen molar-refractivity contribution in [3.8, 4) is 0 Å². The summed E-state index contributed by atoms with van der Waals surface area (Å²) in [5, 5.41) is 4.33. The third kappa shape index (κ3) is 5.05. The maximum Gasteiger partial charge on any atom is 0.264 e. The van der Waals surface area contributed by atoms with Gasteiger partial charge in [-0.05, 0) is 43.2 Å². The quantitative estimate of drug-likeness (QED) is 0.382. The molecule has 1 atom stereocenters. The minimum absolute atomic E-state index is 0.0248. The van der Waals surface area contributed by atoms with Gasteiger partial charge in [-0.3, -0.25) is 14.4 Å². The molecule has 0 bridgehead atoms. The molecule has 2 N–H and O–H groups in total. The van der Waals surface area contributed by atoms with E-state index in [0.29, 0.717) is 28.8 Å². The van der Waals surface area contributed by atoms with E-state index in [2.05, 4.69) is 5.16 Å². The minimum atomic E-state index is -0.604. The Hall–Kier alpha value is -4.27. The molecule has 0 fully saturated rings. The second-order valence-corrected chi connectivity index (χ2v) is 8.60. The van der Waals surface area contributed by atoms with Crippen LogP contribution in [0, 0.1) is 12.7 Å². The summed E-state index contributed by atoms with van der Waals surface area (Å²) in [5.41, 5.74) is 7.61.